The molecule has 0 bridgehead atoms. The zero-order valence-electron chi connectivity index (χ0n) is 10.3. The van der Waals surface area contributed by atoms with Crippen molar-refractivity contribution in [2.24, 2.45) is 10.2 Å². The Hall–Kier alpha value is -1.90. The van der Waals surface area contributed by atoms with Gasteiger partial charge in [-0.2, -0.15) is 10.2 Å². The largest absolute Gasteiger partial charge is 0.378 e. The highest BCUT2D eigenvalue weighted by Crippen LogP contribution is 2.20. The van der Waals surface area contributed by atoms with Crippen LogP contribution in [0, 0.1) is 0 Å². The lowest BCUT2D eigenvalue weighted by Crippen LogP contribution is -2.07. The van der Waals surface area contributed by atoms with Gasteiger partial charge in [-0.25, -0.2) is 0 Å². The fraction of sp³-hybridized carbons (Fsp3) is 0.286. The Morgan fingerprint density at radius 1 is 1.00 bits per heavy atom. The summed E-state index contributed by atoms with van der Waals surface area (Å²) in [6.07, 6.45) is 8.42. The van der Waals surface area contributed by atoms with Gasteiger partial charge in [0.2, 0.25) is 0 Å². The summed E-state index contributed by atoms with van der Waals surface area (Å²) >= 11 is 0. The van der Waals surface area contributed by atoms with Crippen molar-refractivity contribution in [3.63, 3.8) is 0 Å². The number of allylic oxidation sites excluding steroid dienone is 3. The van der Waals surface area contributed by atoms with E-state index in [1.54, 1.807) is 0 Å². The van der Waals surface area contributed by atoms with E-state index in [2.05, 4.69) is 27.3 Å². The third kappa shape index (κ3) is 3.28. The molecule has 0 unspecified atom stereocenters. The van der Waals surface area contributed by atoms with Gasteiger partial charge in [-0.3, -0.25) is 0 Å². The molecule has 3 nitrogen and oxygen atoms in total. The van der Waals surface area contributed by atoms with E-state index in [1.807, 2.05) is 44.4 Å². The molecule has 1 aromatic carbocycles. The van der Waals surface area contributed by atoms with E-state index in [-0.39, 0.29) is 0 Å². The number of nitrogens with zero attached hydrogens (tertiary/aromatic N) is 3. The van der Waals surface area contributed by atoms with Crippen LogP contribution in [0.5, 0.6) is 0 Å². The highest BCUT2D eigenvalue weighted by atomic mass is 15.1. The van der Waals surface area contributed by atoms with Crippen molar-refractivity contribution in [3.05, 3.63) is 48.2 Å². The van der Waals surface area contributed by atoms with Gasteiger partial charge in [0, 0.05) is 19.8 Å². The lowest BCUT2D eigenvalue weighted by Gasteiger charge is -2.11. The van der Waals surface area contributed by atoms with E-state index in [1.165, 1.54) is 5.69 Å². The topological polar surface area (TPSA) is 28.0 Å². The van der Waals surface area contributed by atoms with Crippen molar-refractivity contribution in [3.8, 4) is 0 Å². The maximum atomic E-state index is 4.22. The smallest absolute Gasteiger partial charge is 0.0858 e. The van der Waals surface area contributed by atoms with Crippen LogP contribution in [-0.2, 0) is 0 Å². The molecule has 17 heavy (non-hydrogen) atoms. The van der Waals surface area contributed by atoms with Crippen LogP contribution >= 0.6 is 0 Å². The molecule has 0 amide bonds. The van der Waals surface area contributed by atoms with Gasteiger partial charge in [-0.15, -0.1) is 0 Å². The van der Waals surface area contributed by atoms with Crippen LogP contribution in [0.4, 0.5) is 11.4 Å². The van der Waals surface area contributed by atoms with Gasteiger partial charge in [0.05, 0.1) is 11.4 Å². The molecular weight excluding hydrogens is 210 g/mol. The zero-order valence-corrected chi connectivity index (χ0v) is 10.3. The fourth-order valence-corrected chi connectivity index (χ4v) is 1.61. The molecule has 0 spiro atoms. The molecule has 0 N–H and O–H groups in total. The summed E-state index contributed by atoms with van der Waals surface area (Å²) in [5.41, 5.74) is 3.00. The SMILES string of the molecule is CN(C)c1ccc(/N=N/C2=CCCC=C2)cc1. The molecule has 88 valence electrons. The molecular formula is C14H17N3. The molecule has 0 aromatic heterocycles. The van der Waals surface area contributed by atoms with Crippen LogP contribution in [0.1, 0.15) is 12.8 Å². The molecule has 0 aliphatic heterocycles. The average molecular weight is 227 g/mol. The molecule has 0 saturated carbocycles. The number of benzene rings is 1. The molecule has 3 heteroatoms. The second kappa shape index (κ2) is 5.43. The Bertz CT molecular complexity index is 453. The van der Waals surface area contributed by atoms with Crippen LogP contribution in [0.3, 0.4) is 0 Å². The lowest BCUT2D eigenvalue weighted by atomic mass is 10.2. The van der Waals surface area contributed by atoms with Crippen molar-refractivity contribution in [2.45, 2.75) is 12.8 Å². The van der Waals surface area contributed by atoms with Gasteiger partial charge in [0.1, 0.15) is 0 Å². The number of hydrogen-bond acceptors (Lipinski definition) is 3. The van der Waals surface area contributed by atoms with Crippen LogP contribution in [0.25, 0.3) is 0 Å². The van der Waals surface area contributed by atoms with E-state index in [0.717, 1.165) is 24.2 Å². The van der Waals surface area contributed by atoms with Crippen LogP contribution in [0.15, 0.2) is 58.4 Å². The summed E-state index contributed by atoms with van der Waals surface area (Å²) in [5, 5.41) is 8.43. The van der Waals surface area contributed by atoms with Crippen LogP contribution < -0.4 is 4.90 Å². The molecule has 0 radical (unpaired) electrons. The molecule has 2 rings (SSSR count). The third-order valence-electron chi connectivity index (χ3n) is 2.62. The summed E-state index contributed by atoms with van der Waals surface area (Å²) in [6, 6.07) is 8.04. The summed E-state index contributed by atoms with van der Waals surface area (Å²) in [6.45, 7) is 0. The fourth-order valence-electron chi connectivity index (χ4n) is 1.61. The Balaban J connectivity index is 2.06. The second-order valence-electron chi connectivity index (χ2n) is 4.22. The van der Waals surface area contributed by atoms with E-state index >= 15 is 0 Å². The number of rotatable bonds is 3. The molecule has 0 saturated heterocycles. The predicted molar refractivity (Wildman–Crippen MR) is 71.7 cm³/mol. The minimum Gasteiger partial charge on any atom is -0.378 e. The highest BCUT2D eigenvalue weighted by Gasteiger charge is 1.96. The maximum Gasteiger partial charge on any atom is 0.0858 e. The zero-order chi connectivity index (χ0) is 12.1. The predicted octanol–water partition coefficient (Wildman–Crippen LogP) is 4.07. The van der Waals surface area contributed by atoms with Gasteiger partial charge in [0.25, 0.3) is 0 Å². The normalized spacial score (nSPS) is 15.1. The minimum absolute atomic E-state index is 0.885. The van der Waals surface area contributed by atoms with Gasteiger partial charge < -0.3 is 4.90 Å². The van der Waals surface area contributed by atoms with Crippen LogP contribution in [0.2, 0.25) is 0 Å². The van der Waals surface area contributed by atoms with Crippen molar-refractivity contribution >= 4 is 11.4 Å². The van der Waals surface area contributed by atoms with Gasteiger partial charge in [-0.05, 0) is 43.2 Å². The summed E-state index contributed by atoms with van der Waals surface area (Å²) in [5.74, 6) is 0. The molecule has 0 heterocycles. The Labute approximate surface area is 102 Å². The Morgan fingerprint density at radius 3 is 2.35 bits per heavy atom. The maximum absolute atomic E-state index is 4.22. The minimum atomic E-state index is 0.885. The molecule has 1 aromatic rings. The monoisotopic (exact) mass is 227 g/mol. The van der Waals surface area contributed by atoms with Crippen molar-refractivity contribution in [2.75, 3.05) is 19.0 Å². The molecule has 0 atom stereocenters. The number of anilines is 1. The Morgan fingerprint density at radius 2 is 1.76 bits per heavy atom. The van der Waals surface area contributed by atoms with Crippen molar-refractivity contribution < 1.29 is 0 Å². The highest BCUT2D eigenvalue weighted by molar-refractivity contribution is 5.51. The van der Waals surface area contributed by atoms with Crippen molar-refractivity contribution in [1.82, 2.24) is 0 Å². The standard InChI is InChI=1S/C14H17N3/c1-17(2)14-10-8-13(9-11-14)16-15-12-6-4-3-5-7-12/h4,6-11H,3,5H2,1-2H3/b16-15+. The second-order valence-corrected chi connectivity index (χ2v) is 4.22. The number of azo groups is 1. The summed E-state index contributed by atoms with van der Waals surface area (Å²) in [7, 11) is 4.04. The molecule has 1 aliphatic rings. The lowest BCUT2D eigenvalue weighted by molar-refractivity contribution is 0.993. The summed E-state index contributed by atoms with van der Waals surface area (Å²) in [4.78, 5) is 2.06. The van der Waals surface area contributed by atoms with E-state index in [9.17, 15) is 0 Å². The first-order valence-electron chi connectivity index (χ1n) is 5.81. The molecule has 1 aliphatic carbocycles. The quantitative estimate of drug-likeness (QED) is 0.715. The third-order valence-corrected chi connectivity index (χ3v) is 2.62. The first-order chi connectivity index (χ1) is 8.25. The molecule has 0 fully saturated rings. The first-order valence-corrected chi connectivity index (χ1v) is 5.81. The average Bonchev–Trinajstić information content (AvgIpc) is 2.38. The van der Waals surface area contributed by atoms with Crippen molar-refractivity contribution in [1.29, 1.82) is 0 Å². The van der Waals surface area contributed by atoms with Gasteiger partial charge >= 0.3 is 0 Å². The van der Waals surface area contributed by atoms with E-state index in [0.29, 0.717) is 0 Å². The first kappa shape index (κ1) is 11.6. The van der Waals surface area contributed by atoms with Crippen LogP contribution in [-0.4, -0.2) is 14.1 Å². The van der Waals surface area contributed by atoms with Gasteiger partial charge in [-0.1, -0.05) is 12.2 Å². The van der Waals surface area contributed by atoms with E-state index < -0.39 is 0 Å². The Kier molecular flexibility index (Phi) is 3.70. The van der Waals surface area contributed by atoms with E-state index in [4.69, 9.17) is 0 Å². The number of hydrogen-bond donors (Lipinski definition) is 0. The summed E-state index contributed by atoms with van der Waals surface area (Å²) < 4.78 is 0. The van der Waals surface area contributed by atoms with Gasteiger partial charge in [0.15, 0.2) is 0 Å².